The van der Waals surface area contributed by atoms with E-state index >= 15 is 0 Å². The number of carbonyl (C=O) groups is 1. The van der Waals surface area contributed by atoms with Gasteiger partial charge in [-0.1, -0.05) is 19.3 Å². The van der Waals surface area contributed by atoms with Gasteiger partial charge < -0.3 is 15.8 Å². The number of methoxy groups -OCH3 is 1. The van der Waals surface area contributed by atoms with Gasteiger partial charge in [0.2, 0.25) is 5.91 Å². The average Bonchev–Trinajstić information content (AvgIpc) is 2.50. The van der Waals surface area contributed by atoms with E-state index in [1.54, 1.807) is 18.9 Å². The summed E-state index contributed by atoms with van der Waals surface area (Å²) < 4.78 is 5.19. The molecule has 1 aliphatic rings. The molecule has 0 unspecified atom stereocenters. The van der Waals surface area contributed by atoms with E-state index in [0.29, 0.717) is 12.5 Å². The number of nitrogens with two attached hydrogens (primary N) is 1. The first-order valence-electron chi connectivity index (χ1n) is 7.54. The van der Waals surface area contributed by atoms with E-state index < -0.39 is 0 Å². The number of carbonyl (C=O) groups excluding carboxylic acids is 1. The Bertz CT molecular complexity index is 473. The van der Waals surface area contributed by atoms with Crippen LogP contribution < -0.4 is 15.8 Å². The van der Waals surface area contributed by atoms with Gasteiger partial charge in [-0.25, -0.2) is 0 Å². The third kappa shape index (κ3) is 5.16. The van der Waals surface area contributed by atoms with Gasteiger partial charge in [-0.15, -0.1) is 11.8 Å². The van der Waals surface area contributed by atoms with Crippen LogP contribution in [0.3, 0.4) is 0 Å². The molecule has 2 rings (SSSR count). The summed E-state index contributed by atoms with van der Waals surface area (Å²) in [4.78, 5) is 12.9. The normalized spacial score (nSPS) is 15.7. The highest BCUT2D eigenvalue weighted by molar-refractivity contribution is 7.99. The van der Waals surface area contributed by atoms with E-state index in [2.05, 4.69) is 5.32 Å². The monoisotopic (exact) mass is 308 g/mol. The lowest BCUT2D eigenvalue weighted by atomic mass is 9.95. The van der Waals surface area contributed by atoms with Gasteiger partial charge in [0.1, 0.15) is 5.75 Å². The lowest BCUT2D eigenvalue weighted by molar-refractivity contribution is -0.121. The van der Waals surface area contributed by atoms with Crippen LogP contribution >= 0.6 is 11.8 Å². The molecule has 0 aliphatic heterocycles. The van der Waals surface area contributed by atoms with Crippen LogP contribution in [0, 0.1) is 0 Å². The summed E-state index contributed by atoms with van der Waals surface area (Å²) >= 11 is 1.60. The van der Waals surface area contributed by atoms with Crippen molar-refractivity contribution in [2.24, 2.45) is 0 Å². The molecule has 0 bridgehead atoms. The molecule has 116 valence electrons. The number of hydrogen-bond acceptors (Lipinski definition) is 4. The van der Waals surface area contributed by atoms with Gasteiger partial charge >= 0.3 is 0 Å². The molecule has 0 heterocycles. The van der Waals surface area contributed by atoms with Crippen molar-refractivity contribution in [1.82, 2.24) is 5.32 Å². The largest absolute Gasteiger partial charge is 0.497 e. The van der Waals surface area contributed by atoms with Gasteiger partial charge in [0.15, 0.2) is 0 Å². The summed E-state index contributed by atoms with van der Waals surface area (Å²) in [7, 11) is 1.64. The Morgan fingerprint density at radius 2 is 2.14 bits per heavy atom. The molecule has 1 aliphatic carbocycles. The van der Waals surface area contributed by atoms with Crippen LogP contribution in [0.4, 0.5) is 5.69 Å². The SMILES string of the molecule is COc1ccc(N)c(SCCC(=O)NC2CCCCC2)c1. The molecule has 1 fully saturated rings. The van der Waals surface area contributed by atoms with Crippen LogP contribution in [0.1, 0.15) is 38.5 Å². The zero-order chi connectivity index (χ0) is 15.1. The van der Waals surface area contributed by atoms with Gasteiger partial charge in [0, 0.05) is 28.8 Å². The Kier molecular flexibility index (Phi) is 6.23. The highest BCUT2D eigenvalue weighted by atomic mass is 32.2. The van der Waals surface area contributed by atoms with Crippen LogP contribution in [-0.4, -0.2) is 24.8 Å². The summed E-state index contributed by atoms with van der Waals surface area (Å²) in [6.07, 6.45) is 6.55. The lowest BCUT2D eigenvalue weighted by Gasteiger charge is -2.22. The van der Waals surface area contributed by atoms with Crippen LogP contribution in [0.15, 0.2) is 23.1 Å². The number of thioether (sulfide) groups is 1. The highest BCUT2D eigenvalue weighted by Crippen LogP contribution is 2.29. The van der Waals surface area contributed by atoms with Crippen molar-refractivity contribution in [3.8, 4) is 5.75 Å². The molecule has 1 amide bonds. The van der Waals surface area contributed by atoms with E-state index in [4.69, 9.17) is 10.5 Å². The van der Waals surface area contributed by atoms with Crippen molar-refractivity contribution in [3.63, 3.8) is 0 Å². The molecule has 0 saturated heterocycles. The van der Waals surface area contributed by atoms with Gasteiger partial charge in [-0.05, 0) is 31.0 Å². The molecular formula is C16H24N2O2S. The Morgan fingerprint density at radius 1 is 1.38 bits per heavy atom. The van der Waals surface area contributed by atoms with E-state index in [1.807, 2.05) is 18.2 Å². The molecule has 0 spiro atoms. The molecule has 21 heavy (non-hydrogen) atoms. The minimum Gasteiger partial charge on any atom is -0.497 e. The lowest BCUT2D eigenvalue weighted by Crippen LogP contribution is -2.36. The quantitative estimate of drug-likeness (QED) is 0.625. The predicted molar refractivity (Wildman–Crippen MR) is 87.8 cm³/mol. The van der Waals surface area contributed by atoms with E-state index in [9.17, 15) is 4.79 Å². The van der Waals surface area contributed by atoms with Gasteiger partial charge in [0.05, 0.1) is 7.11 Å². The minimum atomic E-state index is 0.149. The smallest absolute Gasteiger partial charge is 0.221 e. The Morgan fingerprint density at radius 3 is 2.86 bits per heavy atom. The summed E-state index contributed by atoms with van der Waals surface area (Å²) in [6.45, 7) is 0. The Balaban J connectivity index is 1.74. The molecular weight excluding hydrogens is 284 g/mol. The third-order valence-corrected chi connectivity index (χ3v) is 4.85. The minimum absolute atomic E-state index is 0.149. The van der Waals surface area contributed by atoms with Gasteiger partial charge in [0.25, 0.3) is 0 Å². The number of nitrogen functional groups attached to an aromatic ring is 1. The number of rotatable bonds is 6. The summed E-state index contributed by atoms with van der Waals surface area (Å²) in [5.41, 5.74) is 6.66. The van der Waals surface area contributed by atoms with Crippen LogP contribution in [-0.2, 0) is 4.79 Å². The van der Waals surface area contributed by atoms with Crippen molar-refractivity contribution in [3.05, 3.63) is 18.2 Å². The van der Waals surface area contributed by atoms with Crippen LogP contribution in [0.2, 0.25) is 0 Å². The first-order valence-corrected chi connectivity index (χ1v) is 8.53. The standard InChI is InChI=1S/C16H24N2O2S/c1-20-13-7-8-14(17)15(11-13)21-10-9-16(19)18-12-5-3-2-4-6-12/h7-8,11-12H,2-6,9-10,17H2,1H3,(H,18,19). The fraction of sp³-hybridized carbons (Fsp3) is 0.562. The highest BCUT2D eigenvalue weighted by Gasteiger charge is 2.15. The molecule has 0 radical (unpaired) electrons. The molecule has 3 N–H and O–H groups in total. The number of ether oxygens (including phenoxy) is 1. The van der Waals surface area contributed by atoms with Crippen molar-refractivity contribution < 1.29 is 9.53 Å². The number of anilines is 1. The average molecular weight is 308 g/mol. The third-order valence-electron chi connectivity index (χ3n) is 3.78. The maximum atomic E-state index is 11.9. The van der Waals surface area contributed by atoms with Crippen molar-refractivity contribution in [2.45, 2.75) is 49.5 Å². The number of amides is 1. The summed E-state index contributed by atoms with van der Waals surface area (Å²) in [6, 6.07) is 5.98. The predicted octanol–water partition coefficient (Wildman–Crippen LogP) is 3.21. The second-order valence-corrected chi connectivity index (χ2v) is 6.54. The van der Waals surface area contributed by atoms with Crippen LogP contribution in [0.5, 0.6) is 5.75 Å². The Hall–Kier alpha value is -1.36. The summed E-state index contributed by atoms with van der Waals surface area (Å²) in [5, 5.41) is 3.13. The second-order valence-electron chi connectivity index (χ2n) is 5.40. The maximum Gasteiger partial charge on any atom is 0.221 e. The molecule has 1 aromatic carbocycles. The zero-order valence-electron chi connectivity index (χ0n) is 12.6. The molecule has 0 aromatic heterocycles. The van der Waals surface area contributed by atoms with Crippen molar-refractivity contribution in [2.75, 3.05) is 18.6 Å². The zero-order valence-corrected chi connectivity index (χ0v) is 13.4. The Labute approximate surface area is 130 Å². The number of nitrogens with one attached hydrogen (secondary N) is 1. The fourth-order valence-electron chi connectivity index (χ4n) is 2.57. The maximum absolute atomic E-state index is 11.9. The fourth-order valence-corrected chi connectivity index (χ4v) is 3.51. The first kappa shape index (κ1) is 16.0. The number of hydrogen-bond donors (Lipinski definition) is 2. The molecule has 5 heteroatoms. The molecule has 4 nitrogen and oxygen atoms in total. The number of benzene rings is 1. The van der Waals surface area contributed by atoms with Gasteiger partial charge in [-0.3, -0.25) is 4.79 Å². The van der Waals surface area contributed by atoms with E-state index in [-0.39, 0.29) is 5.91 Å². The summed E-state index contributed by atoms with van der Waals surface area (Å²) in [5.74, 6) is 1.67. The van der Waals surface area contributed by atoms with Crippen molar-refractivity contribution >= 4 is 23.4 Å². The van der Waals surface area contributed by atoms with Crippen LogP contribution in [0.25, 0.3) is 0 Å². The van der Waals surface area contributed by atoms with E-state index in [0.717, 1.165) is 34.9 Å². The second kappa shape index (κ2) is 8.17. The van der Waals surface area contributed by atoms with Crippen molar-refractivity contribution in [1.29, 1.82) is 0 Å². The molecule has 0 atom stereocenters. The first-order chi connectivity index (χ1) is 10.2. The molecule has 1 saturated carbocycles. The van der Waals surface area contributed by atoms with E-state index in [1.165, 1.54) is 19.3 Å². The topological polar surface area (TPSA) is 64.3 Å². The van der Waals surface area contributed by atoms with Gasteiger partial charge in [-0.2, -0.15) is 0 Å². The molecule has 1 aromatic rings.